The Morgan fingerprint density at radius 2 is 1.78 bits per heavy atom. The SMILES string of the molecule is COc1cccc2c1c1c(C)cc(OC(=O)CC(C)C)c(SC)c1n2Cc1ccccc1. The van der Waals surface area contributed by atoms with Crippen LogP contribution in [0.15, 0.2) is 59.5 Å². The van der Waals surface area contributed by atoms with Gasteiger partial charge in [-0.3, -0.25) is 4.79 Å². The third kappa shape index (κ3) is 4.09. The fourth-order valence-corrected chi connectivity index (χ4v) is 5.02. The molecule has 0 saturated heterocycles. The van der Waals surface area contributed by atoms with E-state index in [2.05, 4.69) is 41.8 Å². The van der Waals surface area contributed by atoms with Gasteiger partial charge < -0.3 is 14.0 Å². The Bertz CT molecular complexity index is 1280. The summed E-state index contributed by atoms with van der Waals surface area (Å²) in [6.45, 7) is 6.83. The second-order valence-electron chi connectivity index (χ2n) is 8.45. The largest absolute Gasteiger partial charge is 0.496 e. The molecule has 0 saturated carbocycles. The predicted octanol–water partition coefficient (Wildman–Crippen LogP) is 6.83. The molecule has 0 aliphatic carbocycles. The molecule has 32 heavy (non-hydrogen) atoms. The van der Waals surface area contributed by atoms with Gasteiger partial charge in [0.25, 0.3) is 0 Å². The van der Waals surface area contributed by atoms with E-state index in [1.807, 2.05) is 44.4 Å². The zero-order valence-electron chi connectivity index (χ0n) is 19.3. The van der Waals surface area contributed by atoms with Gasteiger partial charge in [-0.25, -0.2) is 0 Å². The van der Waals surface area contributed by atoms with Crippen molar-refractivity contribution in [3.8, 4) is 11.5 Å². The molecule has 0 amide bonds. The minimum atomic E-state index is -0.197. The highest BCUT2D eigenvalue weighted by molar-refractivity contribution is 7.99. The molecule has 0 radical (unpaired) electrons. The average Bonchev–Trinajstić information content (AvgIpc) is 3.09. The van der Waals surface area contributed by atoms with Gasteiger partial charge in [-0.15, -0.1) is 11.8 Å². The number of nitrogens with zero attached hydrogens (tertiary/aromatic N) is 1. The van der Waals surface area contributed by atoms with Gasteiger partial charge in [-0.1, -0.05) is 50.2 Å². The van der Waals surface area contributed by atoms with Gasteiger partial charge in [-0.05, 0) is 48.4 Å². The van der Waals surface area contributed by atoms with Gasteiger partial charge in [0.2, 0.25) is 0 Å². The van der Waals surface area contributed by atoms with Gasteiger partial charge in [0, 0.05) is 23.7 Å². The highest BCUT2D eigenvalue weighted by Crippen LogP contribution is 2.45. The fourth-order valence-electron chi connectivity index (χ4n) is 4.31. The first-order valence-corrected chi connectivity index (χ1v) is 12.1. The van der Waals surface area contributed by atoms with E-state index < -0.39 is 0 Å². The van der Waals surface area contributed by atoms with Gasteiger partial charge in [0.15, 0.2) is 0 Å². The van der Waals surface area contributed by atoms with Crippen LogP contribution >= 0.6 is 11.8 Å². The number of ether oxygens (including phenoxy) is 2. The number of aromatic nitrogens is 1. The lowest BCUT2D eigenvalue weighted by Gasteiger charge is -2.15. The molecule has 0 spiro atoms. The normalized spacial score (nSPS) is 11.4. The van der Waals surface area contributed by atoms with Gasteiger partial charge in [0.1, 0.15) is 11.5 Å². The third-order valence-corrected chi connectivity index (χ3v) is 6.44. The zero-order valence-corrected chi connectivity index (χ0v) is 20.1. The summed E-state index contributed by atoms with van der Waals surface area (Å²) in [5, 5.41) is 2.23. The summed E-state index contributed by atoms with van der Waals surface area (Å²) in [7, 11) is 1.71. The molecule has 0 aliphatic heterocycles. The minimum Gasteiger partial charge on any atom is -0.496 e. The molecule has 0 N–H and O–H groups in total. The Morgan fingerprint density at radius 1 is 1.03 bits per heavy atom. The van der Waals surface area contributed by atoms with Crippen LogP contribution in [0.4, 0.5) is 0 Å². The number of carbonyl (C=O) groups excluding carboxylic acids is 1. The number of fused-ring (bicyclic) bond motifs is 3. The molecular weight excluding hydrogens is 418 g/mol. The minimum absolute atomic E-state index is 0.197. The van der Waals surface area contributed by atoms with Crippen molar-refractivity contribution in [2.75, 3.05) is 13.4 Å². The molecular formula is C27H29NO3S. The topological polar surface area (TPSA) is 40.5 Å². The second kappa shape index (κ2) is 9.29. The fraction of sp³-hybridized carbons (Fsp3) is 0.296. The molecule has 3 aromatic carbocycles. The summed E-state index contributed by atoms with van der Waals surface area (Å²) in [5.74, 6) is 1.53. The molecule has 1 heterocycles. The van der Waals surface area contributed by atoms with E-state index in [-0.39, 0.29) is 11.9 Å². The van der Waals surface area contributed by atoms with E-state index in [4.69, 9.17) is 9.47 Å². The molecule has 0 aliphatic rings. The molecule has 4 rings (SSSR count). The van der Waals surface area contributed by atoms with Crippen molar-refractivity contribution >= 4 is 39.5 Å². The van der Waals surface area contributed by atoms with E-state index in [0.717, 1.165) is 38.0 Å². The highest BCUT2D eigenvalue weighted by Gasteiger charge is 2.23. The van der Waals surface area contributed by atoms with E-state index in [0.29, 0.717) is 18.7 Å². The van der Waals surface area contributed by atoms with Crippen molar-refractivity contribution in [3.63, 3.8) is 0 Å². The van der Waals surface area contributed by atoms with E-state index >= 15 is 0 Å². The number of carbonyl (C=O) groups is 1. The summed E-state index contributed by atoms with van der Waals surface area (Å²) in [6, 6.07) is 18.6. The third-order valence-electron chi connectivity index (χ3n) is 5.64. The van der Waals surface area contributed by atoms with Crippen LogP contribution < -0.4 is 9.47 Å². The summed E-state index contributed by atoms with van der Waals surface area (Å²) in [5.41, 5.74) is 4.45. The molecule has 5 heteroatoms. The van der Waals surface area contributed by atoms with Crippen LogP contribution in [0.25, 0.3) is 21.8 Å². The first-order valence-electron chi connectivity index (χ1n) is 10.9. The molecule has 0 fully saturated rings. The van der Waals surface area contributed by atoms with Crippen molar-refractivity contribution < 1.29 is 14.3 Å². The van der Waals surface area contributed by atoms with Gasteiger partial charge in [0.05, 0.1) is 23.0 Å². The average molecular weight is 448 g/mol. The molecule has 0 unspecified atom stereocenters. The quantitative estimate of drug-likeness (QED) is 0.177. The van der Waals surface area contributed by atoms with Crippen LogP contribution in [-0.2, 0) is 11.3 Å². The van der Waals surface area contributed by atoms with Crippen LogP contribution in [0, 0.1) is 12.8 Å². The lowest BCUT2D eigenvalue weighted by Crippen LogP contribution is -2.12. The number of benzene rings is 3. The molecule has 0 bridgehead atoms. The Morgan fingerprint density at radius 3 is 2.44 bits per heavy atom. The first kappa shape index (κ1) is 22.3. The standard InChI is InChI=1S/C27H29NO3S/c1-17(2)14-23(29)31-22-15-18(3)24-25-20(12-9-13-21(25)30-4)28(26(24)27(22)32-5)16-19-10-7-6-8-11-19/h6-13,15,17H,14,16H2,1-5H3. The zero-order chi connectivity index (χ0) is 22.8. The van der Waals surface area contributed by atoms with Crippen LogP contribution in [-0.4, -0.2) is 23.9 Å². The van der Waals surface area contributed by atoms with Crippen molar-refractivity contribution in [1.82, 2.24) is 4.57 Å². The molecule has 4 aromatic rings. The van der Waals surface area contributed by atoms with Crippen molar-refractivity contribution in [2.45, 2.75) is 38.6 Å². The maximum absolute atomic E-state index is 12.5. The summed E-state index contributed by atoms with van der Waals surface area (Å²) < 4.78 is 14.0. The maximum atomic E-state index is 12.5. The van der Waals surface area contributed by atoms with Crippen molar-refractivity contribution in [2.24, 2.45) is 5.92 Å². The lowest BCUT2D eigenvalue weighted by molar-refractivity contribution is -0.135. The van der Waals surface area contributed by atoms with Crippen LogP contribution in [0.2, 0.25) is 0 Å². The summed E-state index contributed by atoms with van der Waals surface area (Å²) in [6.07, 6.45) is 2.43. The smallest absolute Gasteiger partial charge is 0.311 e. The number of hydrogen-bond donors (Lipinski definition) is 0. The number of esters is 1. The van der Waals surface area contributed by atoms with Crippen LogP contribution in [0.3, 0.4) is 0 Å². The van der Waals surface area contributed by atoms with Crippen LogP contribution in [0.1, 0.15) is 31.4 Å². The number of methoxy groups -OCH3 is 1. The molecule has 4 nitrogen and oxygen atoms in total. The predicted molar refractivity (Wildman–Crippen MR) is 133 cm³/mol. The first-order chi connectivity index (χ1) is 15.4. The number of rotatable bonds is 7. The lowest BCUT2D eigenvalue weighted by atomic mass is 10.1. The Labute approximate surface area is 193 Å². The Kier molecular flexibility index (Phi) is 6.47. The van der Waals surface area contributed by atoms with Crippen LogP contribution in [0.5, 0.6) is 11.5 Å². The Balaban J connectivity index is 2.03. The van der Waals surface area contributed by atoms with Gasteiger partial charge in [-0.2, -0.15) is 0 Å². The number of thioether (sulfide) groups is 1. The maximum Gasteiger partial charge on any atom is 0.311 e. The second-order valence-corrected chi connectivity index (χ2v) is 9.26. The molecule has 1 aromatic heterocycles. The highest BCUT2D eigenvalue weighted by atomic mass is 32.2. The van der Waals surface area contributed by atoms with Crippen molar-refractivity contribution in [3.05, 3.63) is 65.7 Å². The summed E-state index contributed by atoms with van der Waals surface area (Å²) in [4.78, 5) is 13.5. The number of aryl methyl sites for hydroxylation is 1. The van der Waals surface area contributed by atoms with Gasteiger partial charge >= 0.3 is 5.97 Å². The van der Waals surface area contributed by atoms with E-state index in [1.54, 1.807) is 18.9 Å². The van der Waals surface area contributed by atoms with E-state index in [1.165, 1.54) is 5.56 Å². The van der Waals surface area contributed by atoms with E-state index in [9.17, 15) is 4.79 Å². The monoisotopic (exact) mass is 447 g/mol. The Hall–Kier alpha value is -2.92. The number of hydrogen-bond acceptors (Lipinski definition) is 4. The molecule has 0 atom stereocenters. The molecule has 166 valence electrons. The van der Waals surface area contributed by atoms with Crippen molar-refractivity contribution in [1.29, 1.82) is 0 Å². The summed E-state index contributed by atoms with van der Waals surface area (Å²) >= 11 is 1.61.